The van der Waals surface area contributed by atoms with Crippen molar-refractivity contribution in [2.24, 2.45) is 0 Å². The molecule has 1 aromatic heterocycles. The standard InChI is InChI=1S/C27H30ClFN4O5S/c1-26(2,3)33-25(36)37-22(31-33)17-11-20-21(12-18(17)29)39-14-19(30-24(35)38-27(4,5)6)23(34)32(20)13-15-7-9-16(28)10-8-15/h7-12,19H,13-14H2,1-6H3,(H,30,35)/t19-/m0/s1. The Kier molecular flexibility index (Phi) is 7.86. The number of nitrogens with zero attached hydrogens (tertiary/aromatic N) is 3. The molecule has 2 aromatic carbocycles. The molecule has 2 amide bonds. The summed E-state index contributed by atoms with van der Waals surface area (Å²) in [4.78, 5) is 40.7. The molecule has 3 aromatic rings. The topological polar surface area (TPSA) is 107 Å². The van der Waals surface area contributed by atoms with Gasteiger partial charge in [0.15, 0.2) is 0 Å². The monoisotopic (exact) mass is 576 g/mol. The number of fused-ring (bicyclic) bond motifs is 1. The van der Waals surface area contributed by atoms with Crippen molar-refractivity contribution in [3.63, 3.8) is 0 Å². The van der Waals surface area contributed by atoms with Gasteiger partial charge < -0.3 is 19.4 Å². The summed E-state index contributed by atoms with van der Waals surface area (Å²) < 4.78 is 27.2. The molecule has 39 heavy (non-hydrogen) atoms. The van der Waals surface area contributed by atoms with Crippen LogP contribution in [0.4, 0.5) is 14.9 Å². The molecule has 0 spiro atoms. The summed E-state index contributed by atoms with van der Waals surface area (Å²) in [5.74, 6) is -1.86. The number of thioether (sulfide) groups is 1. The van der Waals surface area contributed by atoms with Gasteiger partial charge in [-0.15, -0.1) is 16.9 Å². The molecule has 0 aliphatic carbocycles. The van der Waals surface area contributed by atoms with Gasteiger partial charge in [-0.1, -0.05) is 23.7 Å². The second-order valence-electron chi connectivity index (χ2n) is 11.1. The number of aromatic nitrogens is 2. The number of hydrogen-bond acceptors (Lipinski definition) is 7. The van der Waals surface area contributed by atoms with Crippen molar-refractivity contribution < 1.29 is 23.1 Å². The molecule has 2 heterocycles. The number of alkyl carbamates (subject to hydrolysis) is 1. The molecule has 0 bridgehead atoms. The zero-order valence-electron chi connectivity index (χ0n) is 22.5. The minimum absolute atomic E-state index is 0.0677. The van der Waals surface area contributed by atoms with Crippen LogP contribution >= 0.6 is 23.4 Å². The fraction of sp³-hybridized carbons (Fsp3) is 0.407. The predicted octanol–water partition coefficient (Wildman–Crippen LogP) is 5.58. The van der Waals surface area contributed by atoms with E-state index < -0.39 is 40.8 Å². The van der Waals surface area contributed by atoms with Crippen molar-refractivity contribution in [3.8, 4) is 11.5 Å². The normalized spacial score (nSPS) is 16.1. The molecule has 9 nitrogen and oxygen atoms in total. The fourth-order valence-electron chi connectivity index (χ4n) is 3.88. The molecular formula is C27H30ClFN4O5S. The molecule has 1 N–H and O–H groups in total. The summed E-state index contributed by atoms with van der Waals surface area (Å²) in [5.41, 5.74) is -0.362. The highest BCUT2D eigenvalue weighted by molar-refractivity contribution is 7.99. The zero-order chi connectivity index (χ0) is 28.7. The Labute approximate surface area is 234 Å². The molecule has 12 heteroatoms. The third-order valence-electron chi connectivity index (χ3n) is 5.67. The number of benzene rings is 2. The average Bonchev–Trinajstić information content (AvgIpc) is 3.17. The van der Waals surface area contributed by atoms with E-state index in [1.165, 1.54) is 28.8 Å². The van der Waals surface area contributed by atoms with E-state index in [9.17, 15) is 14.4 Å². The van der Waals surface area contributed by atoms with Gasteiger partial charge in [-0.2, -0.15) is 4.68 Å². The third-order valence-corrected chi connectivity index (χ3v) is 7.06. The number of nitrogens with one attached hydrogen (secondary N) is 1. The number of carbonyl (C=O) groups is 2. The Morgan fingerprint density at radius 1 is 1.18 bits per heavy atom. The Balaban J connectivity index is 1.78. The van der Waals surface area contributed by atoms with Crippen molar-refractivity contribution in [1.82, 2.24) is 15.1 Å². The van der Waals surface area contributed by atoms with E-state index in [2.05, 4.69) is 10.4 Å². The maximum absolute atomic E-state index is 15.4. The number of ether oxygens (including phenoxy) is 1. The summed E-state index contributed by atoms with van der Waals surface area (Å²) in [6.07, 6.45) is -0.736. The van der Waals surface area contributed by atoms with Gasteiger partial charge in [0.2, 0.25) is 0 Å². The van der Waals surface area contributed by atoms with Gasteiger partial charge >= 0.3 is 11.8 Å². The Bertz CT molecular complexity index is 1460. The number of hydrogen-bond donors (Lipinski definition) is 1. The van der Waals surface area contributed by atoms with Crippen LogP contribution in [0.15, 0.2) is 50.5 Å². The van der Waals surface area contributed by atoms with E-state index in [4.69, 9.17) is 20.8 Å². The SMILES string of the molecule is CC(C)(C)OC(=O)N[C@H]1CSc2cc(F)c(-c3nn(C(C)(C)C)c(=O)o3)cc2N(Cc2ccc(Cl)cc2)C1=O. The Morgan fingerprint density at radius 2 is 1.85 bits per heavy atom. The molecule has 0 radical (unpaired) electrons. The lowest BCUT2D eigenvalue weighted by Gasteiger charge is -2.27. The number of halogens is 2. The van der Waals surface area contributed by atoms with Crippen LogP contribution in [0.5, 0.6) is 0 Å². The van der Waals surface area contributed by atoms with Crippen LogP contribution in [0.25, 0.3) is 11.5 Å². The van der Waals surface area contributed by atoms with Crippen LogP contribution in [-0.2, 0) is 21.6 Å². The average molecular weight is 577 g/mol. The van der Waals surface area contributed by atoms with Crippen molar-refractivity contribution >= 4 is 41.1 Å². The van der Waals surface area contributed by atoms with Gasteiger partial charge in [0.25, 0.3) is 11.8 Å². The number of anilines is 1. The molecule has 208 valence electrons. The van der Waals surface area contributed by atoms with E-state index >= 15 is 4.39 Å². The van der Waals surface area contributed by atoms with Crippen molar-refractivity contribution in [1.29, 1.82) is 0 Å². The molecule has 1 atom stereocenters. The fourth-order valence-corrected chi connectivity index (χ4v) is 5.09. The molecule has 0 fully saturated rings. The second kappa shape index (κ2) is 10.7. The highest BCUT2D eigenvalue weighted by atomic mass is 35.5. The molecule has 0 unspecified atom stereocenters. The van der Waals surface area contributed by atoms with Crippen LogP contribution < -0.4 is 16.0 Å². The van der Waals surface area contributed by atoms with E-state index in [1.54, 1.807) is 65.8 Å². The first-order valence-electron chi connectivity index (χ1n) is 12.2. The van der Waals surface area contributed by atoms with Crippen LogP contribution in [-0.4, -0.2) is 39.2 Å². The van der Waals surface area contributed by atoms with Crippen LogP contribution in [0.2, 0.25) is 5.02 Å². The van der Waals surface area contributed by atoms with Gasteiger partial charge in [-0.25, -0.2) is 14.0 Å². The number of rotatable bonds is 4. The minimum atomic E-state index is -0.950. The highest BCUT2D eigenvalue weighted by Gasteiger charge is 2.35. The van der Waals surface area contributed by atoms with E-state index in [0.717, 1.165) is 10.2 Å². The van der Waals surface area contributed by atoms with E-state index in [-0.39, 0.29) is 23.8 Å². The largest absolute Gasteiger partial charge is 0.444 e. The van der Waals surface area contributed by atoms with Crippen LogP contribution in [0.3, 0.4) is 0 Å². The second-order valence-corrected chi connectivity index (χ2v) is 12.6. The summed E-state index contributed by atoms with van der Waals surface area (Å²) >= 11 is 7.26. The zero-order valence-corrected chi connectivity index (χ0v) is 24.1. The lowest BCUT2D eigenvalue weighted by atomic mass is 10.1. The number of carbonyl (C=O) groups excluding carboxylic acids is 2. The van der Waals surface area contributed by atoms with Crippen molar-refractivity contribution in [2.75, 3.05) is 10.7 Å². The predicted molar refractivity (Wildman–Crippen MR) is 148 cm³/mol. The first kappa shape index (κ1) is 28.7. The molecule has 1 aliphatic heterocycles. The van der Waals surface area contributed by atoms with Gasteiger partial charge in [0, 0.05) is 15.7 Å². The van der Waals surface area contributed by atoms with Crippen molar-refractivity contribution in [2.45, 2.75) is 70.2 Å². The number of amides is 2. The molecule has 0 saturated carbocycles. The van der Waals surface area contributed by atoms with Gasteiger partial charge in [-0.3, -0.25) is 4.79 Å². The highest BCUT2D eigenvalue weighted by Crippen LogP contribution is 2.39. The van der Waals surface area contributed by atoms with E-state index in [0.29, 0.717) is 15.6 Å². The lowest BCUT2D eigenvalue weighted by Crippen LogP contribution is -2.50. The maximum Gasteiger partial charge on any atom is 0.437 e. The molecular weight excluding hydrogens is 547 g/mol. The lowest BCUT2D eigenvalue weighted by molar-refractivity contribution is -0.120. The van der Waals surface area contributed by atoms with Crippen LogP contribution in [0.1, 0.15) is 47.1 Å². The maximum atomic E-state index is 15.4. The molecule has 0 saturated heterocycles. The molecule has 1 aliphatic rings. The van der Waals surface area contributed by atoms with Gasteiger partial charge in [-0.05, 0) is 71.4 Å². The smallest absolute Gasteiger partial charge is 0.437 e. The summed E-state index contributed by atoms with van der Waals surface area (Å²) in [7, 11) is 0. The van der Waals surface area contributed by atoms with Crippen LogP contribution in [0, 0.1) is 5.82 Å². The van der Waals surface area contributed by atoms with Gasteiger partial charge in [0.1, 0.15) is 17.5 Å². The first-order valence-corrected chi connectivity index (χ1v) is 13.6. The van der Waals surface area contributed by atoms with Crippen molar-refractivity contribution in [3.05, 3.63) is 63.4 Å². The van der Waals surface area contributed by atoms with E-state index in [1.807, 2.05) is 0 Å². The summed E-state index contributed by atoms with van der Waals surface area (Å²) in [6, 6.07) is 8.73. The third kappa shape index (κ3) is 6.65. The quantitative estimate of drug-likeness (QED) is 0.432. The Morgan fingerprint density at radius 3 is 2.44 bits per heavy atom. The molecule has 4 rings (SSSR count). The minimum Gasteiger partial charge on any atom is -0.444 e. The summed E-state index contributed by atoms with van der Waals surface area (Å²) in [5, 5.41) is 7.40. The van der Waals surface area contributed by atoms with Gasteiger partial charge in [0.05, 0.1) is 23.3 Å². The first-order chi connectivity index (χ1) is 18.1. The Hall–Kier alpha value is -3.31. The summed E-state index contributed by atoms with van der Waals surface area (Å²) in [6.45, 7) is 10.6.